The summed E-state index contributed by atoms with van der Waals surface area (Å²) in [6.45, 7) is 1.65. The van der Waals surface area contributed by atoms with Gasteiger partial charge in [0, 0.05) is 5.56 Å². The van der Waals surface area contributed by atoms with Crippen LogP contribution in [0.3, 0.4) is 0 Å². The first-order chi connectivity index (χ1) is 13.3. The molecule has 1 amide bonds. The number of nitrogens with one attached hydrogen (secondary N) is 1. The van der Waals surface area contributed by atoms with Crippen molar-refractivity contribution in [1.82, 2.24) is 15.5 Å². The van der Waals surface area contributed by atoms with E-state index in [1.807, 2.05) is 13.0 Å². The highest BCUT2D eigenvalue weighted by atomic mass is 19.4. The molecule has 0 aromatic carbocycles. The van der Waals surface area contributed by atoms with Gasteiger partial charge < -0.3 is 15.2 Å². The molecule has 1 aromatic heterocycles. The van der Waals surface area contributed by atoms with Crippen molar-refractivity contribution in [3.05, 3.63) is 23.4 Å². The van der Waals surface area contributed by atoms with Crippen molar-refractivity contribution in [1.29, 1.82) is 0 Å². The summed E-state index contributed by atoms with van der Waals surface area (Å²) in [6, 6.07) is 1.14. The van der Waals surface area contributed by atoms with E-state index < -0.39 is 18.0 Å². The zero-order chi connectivity index (χ0) is 20.7. The van der Waals surface area contributed by atoms with Crippen molar-refractivity contribution in [2.75, 3.05) is 13.7 Å². The Hall–Kier alpha value is -2.16. The Balaban J connectivity index is 2.08. The number of alkyl halides is 3. The van der Waals surface area contributed by atoms with E-state index in [1.165, 1.54) is 13.2 Å². The van der Waals surface area contributed by atoms with Gasteiger partial charge in [-0.25, -0.2) is 0 Å². The van der Waals surface area contributed by atoms with Crippen molar-refractivity contribution >= 4 is 12.0 Å². The maximum absolute atomic E-state index is 12.8. The number of carbonyl (C=O) groups is 1. The maximum Gasteiger partial charge on any atom is 0.391 e. The minimum atomic E-state index is -4.12. The van der Waals surface area contributed by atoms with Gasteiger partial charge in [-0.15, -0.1) is 10.2 Å². The van der Waals surface area contributed by atoms with E-state index in [2.05, 4.69) is 15.5 Å². The fraction of sp³-hybridized carbons (Fsp3) is 0.632. The van der Waals surface area contributed by atoms with Crippen LogP contribution in [0.5, 0.6) is 5.88 Å². The highest BCUT2D eigenvalue weighted by molar-refractivity contribution is 5.93. The fourth-order valence-corrected chi connectivity index (χ4v) is 3.20. The summed E-state index contributed by atoms with van der Waals surface area (Å²) in [5.74, 6) is -1.42. The van der Waals surface area contributed by atoms with E-state index in [0.717, 1.165) is 0 Å². The van der Waals surface area contributed by atoms with E-state index in [0.29, 0.717) is 24.8 Å². The summed E-state index contributed by atoms with van der Waals surface area (Å²) >= 11 is 0. The zero-order valence-corrected chi connectivity index (χ0v) is 16.0. The number of aromatic nitrogens is 2. The highest BCUT2D eigenvalue weighted by Crippen LogP contribution is 2.40. The molecule has 1 fully saturated rings. The molecule has 0 aliphatic heterocycles. The molecule has 1 aromatic rings. The van der Waals surface area contributed by atoms with Gasteiger partial charge in [-0.1, -0.05) is 19.1 Å². The number of aliphatic hydroxyl groups excluding tert-OH is 1. The smallest absolute Gasteiger partial charge is 0.391 e. The van der Waals surface area contributed by atoms with Crippen LogP contribution in [0.15, 0.2) is 12.1 Å². The lowest BCUT2D eigenvalue weighted by atomic mass is 9.81. The molecule has 9 heteroatoms. The number of hydrogen-bond donors (Lipinski definition) is 2. The monoisotopic (exact) mass is 401 g/mol. The third-order valence-electron chi connectivity index (χ3n) is 5.04. The Morgan fingerprint density at radius 2 is 2.04 bits per heavy atom. The lowest BCUT2D eigenvalue weighted by Crippen LogP contribution is -2.37. The standard InChI is InChI=1S/C19H26F3N3O3/c1-3-15(11-26)23-17(27)16-10-13(18(28-2)25-24-16)7-4-12-5-8-14(9-6-12)19(20,21)22/h4,7,10,12,14-15,26H,3,5-6,8-9,11H2,1-2H3,(H,23,27)/b7-4+. The van der Waals surface area contributed by atoms with Crippen LogP contribution in [0.1, 0.15) is 55.1 Å². The lowest BCUT2D eigenvalue weighted by molar-refractivity contribution is -0.183. The predicted molar refractivity (Wildman–Crippen MR) is 97.8 cm³/mol. The molecule has 1 heterocycles. The van der Waals surface area contributed by atoms with Gasteiger partial charge in [0.15, 0.2) is 5.69 Å². The van der Waals surface area contributed by atoms with Gasteiger partial charge >= 0.3 is 6.18 Å². The third-order valence-corrected chi connectivity index (χ3v) is 5.04. The molecule has 1 atom stereocenters. The number of nitrogens with zero attached hydrogens (tertiary/aromatic N) is 2. The van der Waals surface area contributed by atoms with Crippen LogP contribution in [-0.2, 0) is 0 Å². The van der Waals surface area contributed by atoms with Gasteiger partial charge in [0.1, 0.15) is 0 Å². The average molecular weight is 401 g/mol. The van der Waals surface area contributed by atoms with E-state index in [1.54, 1.807) is 6.08 Å². The van der Waals surface area contributed by atoms with Crippen molar-refractivity contribution < 1.29 is 27.8 Å². The van der Waals surface area contributed by atoms with Crippen LogP contribution in [0.4, 0.5) is 13.2 Å². The molecule has 156 valence electrons. The lowest BCUT2D eigenvalue weighted by Gasteiger charge is -2.28. The Morgan fingerprint density at radius 1 is 1.36 bits per heavy atom. The fourth-order valence-electron chi connectivity index (χ4n) is 3.20. The molecule has 1 saturated carbocycles. The third kappa shape index (κ3) is 5.92. The Kier molecular flexibility index (Phi) is 7.79. The van der Waals surface area contributed by atoms with Crippen LogP contribution in [0, 0.1) is 11.8 Å². The summed E-state index contributed by atoms with van der Waals surface area (Å²) in [4.78, 5) is 12.3. The topological polar surface area (TPSA) is 84.3 Å². The summed E-state index contributed by atoms with van der Waals surface area (Å²) in [5.41, 5.74) is 0.603. The van der Waals surface area contributed by atoms with Gasteiger partial charge in [0.25, 0.3) is 5.91 Å². The van der Waals surface area contributed by atoms with E-state index in [9.17, 15) is 23.1 Å². The second-order valence-electron chi connectivity index (χ2n) is 6.97. The highest BCUT2D eigenvalue weighted by Gasteiger charge is 2.40. The normalized spacial score (nSPS) is 21.5. The number of carbonyl (C=O) groups excluding carboxylic acids is 1. The SMILES string of the molecule is CCC(CO)NC(=O)c1cc(/C=C/C2CCC(C(F)(F)F)CC2)c(OC)nn1. The molecular formula is C19H26F3N3O3. The molecule has 1 aliphatic rings. The van der Waals surface area contributed by atoms with Crippen LogP contribution in [-0.4, -0.2) is 47.1 Å². The molecular weight excluding hydrogens is 375 g/mol. The molecule has 1 aliphatic carbocycles. The number of methoxy groups -OCH3 is 1. The average Bonchev–Trinajstić information content (AvgIpc) is 2.69. The number of allylic oxidation sites excluding steroid dienone is 1. The molecule has 6 nitrogen and oxygen atoms in total. The molecule has 28 heavy (non-hydrogen) atoms. The van der Waals surface area contributed by atoms with Gasteiger partial charge in [-0.3, -0.25) is 4.79 Å². The van der Waals surface area contributed by atoms with Crippen molar-refractivity contribution in [2.24, 2.45) is 11.8 Å². The number of rotatable bonds is 7. The number of aliphatic hydroxyl groups is 1. The number of hydrogen-bond acceptors (Lipinski definition) is 5. The molecule has 1 unspecified atom stereocenters. The minimum Gasteiger partial charge on any atom is -0.479 e. The summed E-state index contributed by atoms with van der Waals surface area (Å²) in [6.07, 6.45) is 1.17. The maximum atomic E-state index is 12.8. The number of ether oxygens (including phenoxy) is 1. The molecule has 0 radical (unpaired) electrons. The summed E-state index contributed by atoms with van der Waals surface area (Å²) in [5, 5.41) is 19.6. The molecule has 0 saturated heterocycles. The van der Waals surface area contributed by atoms with E-state index in [-0.39, 0.29) is 43.0 Å². The molecule has 0 spiro atoms. The van der Waals surface area contributed by atoms with Crippen molar-refractivity contribution in [2.45, 2.75) is 51.2 Å². The van der Waals surface area contributed by atoms with Crippen molar-refractivity contribution in [3.63, 3.8) is 0 Å². The van der Waals surface area contributed by atoms with Gasteiger partial charge in [-0.2, -0.15) is 13.2 Å². The molecule has 0 bridgehead atoms. The van der Waals surface area contributed by atoms with Gasteiger partial charge in [0.2, 0.25) is 5.88 Å². The van der Waals surface area contributed by atoms with Crippen molar-refractivity contribution in [3.8, 4) is 5.88 Å². The molecule has 2 N–H and O–H groups in total. The van der Waals surface area contributed by atoms with Crippen LogP contribution in [0.25, 0.3) is 6.08 Å². The van der Waals surface area contributed by atoms with E-state index in [4.69, 9.17) is 4.74 Å². The first kappa shape index (κ1) is 22.1. The first-order valence-electron chi connectivity index (χ1n) is 9.36. The number of halogens is 3. The van der Waals surface area contributed by atoms with Gasteiger partial charge in [-0.05, 0) is 44.1 Å². The Morgan fingerprint density at radius 3 is 2.57 bits per heavy atom. The molecule has 2 rings (SSSR count). The predicted octanol–water partition coefficient (Wildman–Crippen LogP) is 3.37. The summed E-state index contributed by atoms with van der Waals surface area (Å²) < 4.78 is 43.5. The van der Waals surface area contributed by atoms with Crippen LogP contribution >= 0.6 is 0 Å². The first-order valence-corrected chi connectivity index (χ1v) is 9.36. The van der Waals surface area contributed by atoms with Gasteiger partial charge in [0.05, 0.1) is 25.7 Å². The Labute approximate surface area is 162 Å². The summed E-state index contributed by atoms with van der Waals surface area (Å²) in [7, 11) is 1.43. The van der Waals surface area contributed by atoms with Crippen LogP contribution in [0.2, 0.25) is 0 Å². The minimum absolute atomic E-state index is 0.0348. The second kappa shape index (κ2) is 9.86. The van der Waals surface area contributed by atoms with E-state index >= 15 is 0 Å². The number of amides is 1. The quantitative estimate of drug-likeness (QED) is 0.732. The zero-order valence-electron chi connectivity index (χ0n) is 16.0. The Bertz CT molecular complexity index is 683. The van der Waals surface area contributed by atoms with Crippen LogP contribution < -0.4 is 10.1 Å². The largest absolute Gasteiger partial charge is 0.479 e. The second-order valence-corrected chi connectivity index (χ2v) is 6.97.